The van der Waals surface area contributed by atoms with Gasteiger partial charge in [0, 0.05) is 17.1 Å². The molecule has 4 nitrogen and oxygen atoms in total. The summed E-state index contributed by atoms with van der Waals surface area (Å²) in [6, 6.07) is 51.1. The predicted molar refractivity (Wildman–Crippen MR) is 166 cm³/mol. The van der Waals surface area contributed by atoms with Gasteiger partial charge in [-0.15, -0.1) is 10.2 Å². The van der Waals surface area contributed by atoms with Crippen LogP contribution < -0.4 is 4.90 Å². The van der Waals surface area contributed by atoms with E-state index in [0.29, 0.717) is 0 Å². The summed E-state index contributed by atoms with van der Waals surface area (Å²) in [5.74, 6) is 0. The second kappa shape index (κ2) is 9.07. The van der Waals surface area contributed by atoms with E-state index in [0.717, 1.165) is 33.8 Å². The van der Waals surface area contributed by atoms with Crippen molar-refractivity contribution >= 4 is 60.4 Å². The molecule has 0 radical (unpaired) electrons. The maximum Gasteiger partial charge on any atom is 0.115 e. The average Bonchev–Trinajstić information content (AvgIpc) is 3.46. The average molecular weight is 513 g/mol. The molecule has 0 aliphatic carbocycles. The van der Waals surface area contributed by atoms with Crippen LogP contribution in [0.15, 0.2) is 146 Å². The maximum atomic E-state index is 4.81. The van der Waals surface area contributed by atoms with Crippen LogP contribution in [0.4, 0.5) is 17.1 Å². The Bertz CT molecular complexity index is 2170. The molecule has 0 unspecified atom stereocenters. The van der Waals surface area contributed by atoms with E-state index >= 15 is 0 Å². The Kier molecular flexibility index (Phi) is 5.10. The fourth-order valence-corrected chi connectivity index (χ4v) is 5.69. The van der Waals surface area contributed by atoms with Crippen molar-refractivity contribution in [3.8, 4) is 5.69 Å². The molecule has 7 aromatic carbocycles. The third-order valence-corrected chi connectivity index (χ3v) is 7.61. The fraction of sp³-hybridized carbons (Fsp3) is 0. The van der Waals surface area contributed by atoms with Crippen LogP contribution in [-0.2, 0) is 0 Å². The summed E-state index contributed by atoms with van der Waals surface area (Å²) in [4.78, 5) is 3.99. The third kappa shape index (κ3) is 3.69. The van der Waals surface area contributed by atoms with Crippen LogP contribution >= 0.6 is 0 Å². The first kappa shape index (κ1) is 22.5. The van der Waals surface area contributed by atoms with E-state index in [4.69, 9.17) is 10.2 Å². The summed E-state index contributed by atoms with van der Waals surface area (Å²) in [5, 5.41) is 17.0. The molecule has 0 saturated carbocycles. The molecule has 40 heavy (non-hydrogen) atoms. The van der Waals surface area contributed by atoms with E-state index in [2.05, 4.69) is 120 Å². The number of hydrogen-bond donors (Lipinski definition) is 0. The molecule has 0 bridgehead atoms. The third-order valence-electron chi connectivity index (χ3n) is 7.61. The summed E-state index contributed by atoms with van der Waals surface area (Å²) >= 11 is 0. The van der Waals surface area contributed by atoms with E-state index < -0.39 is 0 Å². The number of aromatic nitrogens is 3. The van der Waals surface area contributed by atoms with Crippen LogP contribution in [0.2, 0.25) is 0 Å². The maximum absolute atomic E-state index is 4.81. The van der Waals surface area contributed by atoms with Gasteiger partial charge < -0.3 is 4.90 Å². The molecule has 0 aliphatic heterocycles. The summed E-state index contributed by atoms with van der Waals surface area (Å²) in [7, 11) is 0. The van der Waals surface area contributed by atoms with Crippen molar-refractivity contribution in [3.05, 3.63) is 146 Å². The van der Waals surface area contributed by atoms with Crippen LogP contribution in [0.25, 0.3) is 49.0 Å². The van der Waals surface area contributed by atoms with Crippen molar-refractivity contribution in [2.24, 2.45) is 0 Å². The lowest BCUT2D eigenvalue weighted by Gasteiger charge is -2.26. The summed E-state index contributed by atoms with van der Waals surface area (Å²) in [5.41, 5.74) is 5.85. The minimum atomic E-state index is 0.847. The number of benzene rings is 7. The monoisotopic (exact) mass is 512 g/mol. The molecule has 0 spiro atoms. The van der Waals surface area contributed by atoms with Gasteiger partial charge in [0.15, 0.2) is 0 Å². The van der Waals surface area contributed by atoms with Gasteiger partial charge in [0.05, 0.1) is 5.69 Å². The minimum absolute atomic E-state index is 0.847. The van der Waals surface area contributed by atoms with Gasteiger partial charge in [-0.05, 0) is 86.9 Å². The Morgan fingerprint density at radius 3 is 1.82 bits per heavy atom. The summed E-state index contributed by atoms with van der Waals surface area (Å²) < 4.78 is 0. The molecule has 8 aromatic rings. The van der Waals surface area contributed by atoms with Gasteiger partial charge in [0.1, 0.15) is 11.0 Å². The standard InChI is InChI=1S/C36H24N4/c1-3-10-27(11-4-1)39(30-19-22-35-36(24-30)38-40(37-35)28-12-5-2-6-13-28)29-18-15-26-17-20-32-31-14-8-7-9-25(31)16-21-33(32)34(26)23-29/h1-24H. The molecule has 0 amide bonds. The van der Waals surface area contributed by atoms with Crippen LogP contribution in [0.1, 0.15) is 0 Å². The van der Waals surface area contributed by atoms with Crippen molar-refractivity contribution in [1.82, 2.24) is 15.0 Å². The summed E-state index contributed by atoms with van der Waals surface area (Å²) in [6.45, 7) is 0. The van der Waals surface area contributed by atoms with Crippen molar-refractivity contribution in [2.45, 2.75) is 0 Å². The predicted octanol–water partition coefficient (Wildman–Crippen LogP) is 9.35. The first-order chi connectivity index (χ1) is 19.8. The highest BCUT2D eigenvalue weighted by atomic mass is 15.5. The zero-order valence-corrected chi connectivity index (χ0v) is 21.6. The van der Waals surface area contributed by atoms with E-state index in [1.54, 1.807) is 4.80 Å². The molecule has 8 rings (SSSR count). The van der Waals surface area contributed by atoms with Crippen molar-refractivity contribution in [3.63, 3.8) is 0 Å². The Balaban J connectivity index is 1.32. The van der Waals surface area contributed by atoms with Gasteiger partial charge in [0.25, 0.3) is 0 Å². The first-order valence-corrected chi connectivity index (χ1v) is 13.4. The molecule has 1 heterocycles. The molecule has 1 aromatic heterocycles. The van der Waals surface area contributed by atoms with E-state index in [9.17, 15) is 0 Å². The van der Waals surface area contributed by atoms with Crippen LogP contribution in [0.3, 0.4) is 0 Å². The van der Waals surface area contributed by atoms with Gasteiger partial charge in [0.2, 0.25) is 0 Å². The molecule has 4 heteroatoms. The highest BCUT2D eigenvalue weighted by Gasteiger charge is 2.16. The van der Waals surface area contributed by atoms with Crippen molar-refractivity contribution < 1.29 is 0 Å². The fourth-order valence-electron chi connectivity index (χ4n) is 5.69. The second-order valence-electron chi connectivity index (χ2n) is 10.0. The quantitative estimate of drug-likeness (QED) is 0.220. The van der Waals surface area contributed by atoms with Crippen LogP contribution in [-0.4, -0.2) is 15.0 Å². The Morgan fingerprint density at radius 1 is 0.400 bits per heavy atom. The number of nitrogens with zero attached hydrogens (tertiary/aromatic N) is 4. The van der Waals surface area contributed by atoms with Crippen molar-refractivity contribution in [2.75, 3.05) is 4.90 Å². The zero-order chi connectivity index (χ0) is 26.5. The Morgan fingerprint density at radius 2 is 1.00 bits per heavy atom. The molecular formula is C36H24N4. The lowest BCUT2D eigenvalue weighted by atomic mass is 9.96. The molecule has 0 aliphatic rings. The number of para-hydroxylation sites is 2. The van der Waals surface area contributed by atoms with Gasteiger partial charge in [-0.1, -0.05) is 91.0 Å². The smallest absolute Gasteiger partial charge is 0.115 e. The van der Waals surface area contributed by atoms with Crippen LogP contribution in [0, 0.1) is 0 Å². The Labute approximate surface area is 231 Å². The van der Waals surface area contributed by atoms with Gasteiger partial charge in [-0.2, -0.15) is 4.80 Å². The first-order valence-electron chi connectivity index (χ1n) is 13.4. The molecular weight excluding hydrogens is 488 g/mol. The van der Waals surface area contributed by atoms with Crippen LogP contribution in [0.5, 0.6) is 0 Å². The lowest BCUT2D eigenvalue weighted by Crippen LogP contribution is -2.09. The molecule has 0 atom stereocenters. The largest absolute Gasteiger partial charge is 0.310 e. The number of hydrogen-bond acceptors (Lipinski definition) is 3. The Hall–Kier alpha value is -5.48. The summed E-state index contributed by atoms with van der Waals surface area (Å²) in [6.07, 6.45) is 0. The minimum Gasteiger partial charge on any atom is -0.310 e. The van der Waals surface area contributed by atoms with Crippen molar-refractivity contribution in [1.29, 1.82) is 0 Å². The molecule has 188 valence electrons. The highest BCUT2D eigenvalue weighted by Crippen LogP contribution is 2.39. The van der Waals surface area contributed by atoms with Gasteiger partial charge >= 0.3 is 0 Å². The van der Waals surface area contributed by atoms with E-state index in [1.165, 1.54) is 32.3 Å². The second-order valence-corrected chi connectivity index (χ2v) is 10.0. The van der Waals surface area contributed by atoms with Gasteiger partial charge in [-0.25, -0.2) is 0 Å². The number of fused-ring (bicyclic) bond motifs is 6. The van der Waals surface area contributed by atoms with E-state index in [-0.39, 0.29) is 0 Å². The molecule has 0 fully saturated rings. The van der Waals surface area contributed by atoms with E-state index in [1.807, 2.05) is 30.3 Å². The number of rotatable bonds is 4. The zero-order valence-electron chi connectivity index (χ0n) is 21.6. The lowest BCUT2D eigenvalue weighted by molar-refractivity contribution is 0.766. The molecule has 0 N–H and O–H groups in total. The normalized spacial score (nSPS) is 11.5. The topological polar surface area (TPSA) is 34.0 Å². The highest BCUT2D eigenvalue weighted by molar-refractivity contribution is 6.17. The number of anilines is 3. The van der Waals surface area contributed by atoms with Gasteiger partial charge in [-0.3, -0.25) is 0 Å². The SMILES string of the molecule is c1ccc(N(c2ccc3nn(-c4ccccc4)nc3c2)c2ccc3ccc4c5ccccc5ccc4c3c2)cc1. The molecule has 0 saturated heterocycles.